The molecule has 0 saturated carbocycles. The molecule has 0 fully saturated rings. The molecule has 0 bridgehead atoms. The van der Waals surface area contributed by atoms with Gasteiger partial charge in [0.25, 0.3) is 0 Å². The van der Waals surface area contributed by atoms with Crippen LogP contribution in [0.15, 0.2) is 58.6 Å². The largest absolute Gasteiger partial charge is 0.399 e. The van der Waals surface area contributed by atoms with Crippen LogP contribution in [0.1, 0.15) is 24.0 Å². The Bertz CT molecular complexity index is 608. The fraction of sp³-hybridized carbons (Fsp3) is 0.278. The van der Waals surface area contributed by atoms with Gasteiger partial charge in [-0.2, -0.15) is 0 Å². The summed E-state index contributed by atoms with van der Waals surface area (Å²) >= 11 is 1.83. The van der Waals surface area contributed by atoms with Crippen LogP contribution in [0.3, 0.4) is 0 Å². The summed E-state index contributed by atoms with van der Waals surface area (Å²) in [7, 11) is 1.53. The van der Waals surface area contributed by atoms with E-state index in [1.807, 2.05) is 11.8 Å². The standard InChI is InChI=1S/C18H20FNOS/c1-14-5-11-17(12-6-14)22-13-3-4-18(20-21-2)15-7-9-16(19)10-8-15/h5-12H,3-4,13H2,1-2H3. The monoisotopic (exact) mass is 317 g/mol. The van der Waals surface area contributed by atoms with Crippen LogP contribution in [-0.2, 0) is 4.84 Å². The van der Waals surface area contributed by atoms with Crippen LogP contribution in [0.4, 0.5) is 4.39 Å². The number of hydrogen-bond acceptors (Lipinski definition) is 3. The average molecular weight is 317 g/mol. The van der Waals surface area contributed by atoms with Crippen molar-refractivity contribution in [2.75, 3.05) is 12.9 Å². The second-order valence-corrected chi connectivity index (χ2v) is 6.16. The SMILES string of the molecule is CON=C(CCCSc1ccc(C)cc1)c1ccc(F)cc1. The predicted molar refractivity (Wildman–Crippen MR) is 91.1 cm³/mol. The Hall–Kier alpha value is -1.81. The van der Waals surface area contributed by atoms with Crippen LogP contribution in [0, 0.1) is 12.7 Å². The average Bonchev–Trinajstić information content (AvgIpc) is 2.53. The summed E-state index contributed by atoms with van der Waals surface area (Å²) in [4.78, 5) is 6.18. The van der Waals surface area contributed by atoms with Crippen LogP contribution in [0.5, 0.6) is 0 Å². The van der Waals surface area contributed by atoms with Gasteiger partial charge in [0, 0.05) is 4.90 Å². The summed E-state index contributed by atoms with van der Waals surface area (Å²) in [6, 6.07) is 14.9. The first-order valence-electron chi connectivity index (χ1n) is 7.24. The Labute approximate surface area is 135 Å². The van der Waals surface area contributed by atoms with E-state index in [1.165, 1.54) is 29.7 Å². The van der Waals surface area contributed by atoms with Gasteiger partial charge >= 0.3 is 0 Å². The molecule has 0 aromatic heterocycles. The van der Waals surface area contributed by atoms with Crippen molar-refractivity contribution >= 4 is 17.5 Å². The zero-order valence-electron chi connectivity index (χ0n) is 12.9. The molecule has 0 aliphatic rings. The van der Waals surface area contributed by atoms with E-state index in [4.69, 9.17) is 4.84 Å². The van der Waals surface area contributed by atoms with Gasteiger partial charge in [0.1, 0.15) is 12.9 Å². The molecule has 0 spiro atoms. The second kappa shape index (κ2) is 8.59. The molecule has 0 radical (unpaired) electrons. The fourth-order valence-electron chi connectivity index (χ4n) is 2.06. The number of benzene rings is 2. The van der Waals surface area contributed by atoms with Crippen molar-refractivity contribution in [1.29, 1.82) is 0 Å². The Morgan fingerprint density at radius 1 is 1.09 bits per heavy atom. The van der Waals surface area contributed by atoms with Gasteiger partial charge in [0.05, 0.1) is 5.71 Å². The lowest BCUT2D eigenvalue weighted by Crippen LogP contribution is -2.02. The van der Waals surface area contributed by atoms with Gasteiger partial charge in [-0.25, -0.2) is 4.39 Å². The Morgan fingerprint density at radius 3 is 2.41 bits per heavy atom. The van der Waals surface area contributed by atoms with E-state index in [0.717, 1.165) is 29.9 Å². The van der Waals surface area contributed by atoms with Crippen LogP contribution >= 0.6 is 11.8 Å². The molecule has 0 N–H and O–H groups in total. The van der Waals surface area contributed by atoms with Gasteiger partial charge in [0.15, 0.2) is 0 Å². The molecule has 2 rings (SSSR count). The third kappa shape index (κ3) is 5.19. The van der Waals surface area contributed by atoms with Gasteiger partial charge in [0.2, 0.25) is 0 Å². The quantitative estimate of drug-likeness (QED) is 0.308. The number of oxime groups is 1. The lowest BCUT2D eigenvalue weighted by Gasteiger charge is -2.06. The van der Waals surface area contributed by atoms with E-state index >= 15 is 0 Å². The number of rotatable bonds is 7. The molecule has 4 heteroatoms. The molecule has 0 aliphatic heterocycles. The molecule has 0 atom stereocenters. The fourth-order valence-corrected chi connectivity index (χ4v) is 2.91. The first-order chi connectivity index (χ1) is 10.7. The van der Waals surface area contributed by atoms with Crippen molar-refractivity contribution in [1.82, 2.24) is 0 Å². The molecule has 22 heavy (non-hydrogen) atoms. The summed E-state index contributed by atoms with van der Waals surface area (Å²) in [5.74, 6) is 0.767. The summed E-state index contributed by atoms with van der Waals surface area (Å²) < 4.78 is 13.0. The highest BCUT2D eigenvalue weighted by Crippen LogP contribution is 2.20. The van der Waals surface area contributed by atoms with E-state index in [9.17, 15) is 4.39 Å². The predicted octanol–water partition coefficient (Wildman–Crippen LogP) is 5.06. The highest BCUT2D eigenvalue weighted by molar-refractivity contribution is 7.99. The van der Waals surface area contributed by atoms with Crippen molar-refractivity contribution in [2.45, 2.75) is 24.7 Å². The molecule has 0 amide bonds. The second-order valence-electron chi connectivity index (χ2n) is 4.99. The van der Waals surface area contributed by atoms with Crippen molar-refractivity contribution in [3.63, 3.8) is 0 Å². The molecule has 0 unspecified atom stereocenters. The van der Waals surface area contributed by atoms with E-state index in [1.54, 1.807) is 12.1 Å². The molecule has 0 aliphatic carbocycles. The van der Waals surface area contributed by atoms with Crippen LogP contribution in [0.25, 0.3) is 0 Å². The summed E-state index contributed by atoms with van der Waals surface area (Å²) in [5, 5.41) is 4.07. The Kier molecular flexibility index (Phi) is 6.46. The third-order valence-corrected chi connectivity index (χ3v) is 4.32. The molecular formula is C18H20FNOS. The van der Waals surface area contributed by atoms with Gasteiger partial charge < -0.3 is 4.84 Å². The number of halogens is 1. The molecule has 2 aromatic rings. The lowest BCUT2D eigenvalue weighted by molar-refractivity contribution is 0.213. The van der Waals surface area contributed by atoms with Gasteiger partial charge in [-0.15, -0.1) is 11.8 Å². The minimum Gasteiger partial charge on any atom is -0.399 e. The number of thioether (sulfide) groups is 1. The molecular weight excluding hydrogens is 297 g/mol. The van der Waals surface area contributed by atoms with Crippen molar-refractivity contribution in [2.24, 2.45) is 5.16 Å². The topological polar surface area (TPSA) is 21.6 Å². The highest BCUT2D eigenvalue weighted by atomic mass is 32.2. The maximum Gasteiger partial charge on any atom is 0.123 e. The maximum atomic E-state index is 13.0. The zero-order valence-corrected chi connectivity index (χ0v) is 13.7. The van der Waals surface area contributed by atoms with Crippen molar-refractivity contribution in [3.8, 4) is 0 Å². The van der Waals surface area contributed by atoms with E-state index in [2.05, 4.69) is 36.3 Å². The number of nitrogens with zero attached hydrogens (tertiary/aromatic N) is 1. The molecule has 116 valence electrons. The van der Waals surface area contributed by atoms with Gasteiger partial charge in [-0.1, -0.05) is 35.0 Å². The maximum absolute atomic E-state index is 13.0. The summed E-state index contributed by atoms with van der Waals surface area (Å²) in [6.45, 7) is 2.09. The summed E-state index contributed by atoms with van der Waals surface area (Å²) in [5.41, 5.74) is 3.03. The van der Waals surface area contributed by atoms with Gasteiger partial charge in [-0.05, 0) is 55.3 Å². The third-order valence-electron chi connectivity index (χ3n) is 3.23. The molecule has 0 heterocycles. The summed E-state index contributed by atoms with van der Waals surface area (Å²) in [6.07, 6.45) is 1.79. The first-order valence-corrected chi connectivity index (χ1v) is 8.23. The van der Waals surface area contributed by atoms with Crippen LogP contribution in [-0.4, -0.2) is 18.6 Å². The number of aryl methyl sites for hydroxylation is 1. The van der Waals surface area contributed by atoms with Crippen LogP contribution < -0.4 is 0 Å². The lowest BCUT2D eigenvalue weighted by atomic mass is 10.1. The van der Waals surface area contributed by atoms with Gasteiger partial charge in [-0.3, -0.25) is 0 Å². The smallest absolute Gasteiger partial charge is 0.123 e. The number of hydrogen-bond donors (Lipinski definition) is 0. The zero-order chi connectivity index (χ0) is 15.8. The minimum absolute atomic E-state index is 0.240. The molecule has 2 nitrogen and oxygen atoms in total. The molecule has 2 aromatic carbocycles. The van der Waals surface area contributed by atoms with E-state index < -0.39 is 0 Å². The van der Waals surface area contributed by atoms with Crippen molar-refractivity contribution < 1.29 is 9.23 Å². The Balaban J connectivity index is 1.86. The first kappa shape index (κ1) is 16.6. The highest BCUT2D eigenvalue weighted by Gasteiger charge is 2.05. The normalized spacial score (nSPS) is 11.5. The molecule has 0 saturated heterocycles. The van der Waals surface area contributed by atoms with E-state index in [0.29, 0.717) is 0 Å². The van der Waals surface area contributed by atoms with Crippen LogP contribution in [0.2, 0.25) is 0 Å². The van der Waals surface area contributed by atoms with Crippen molar-refractivity contribution in [3.05, 3.63) is 65.5 Å². The van der Waals surface area contributed by atoms with E-state index in [-0.39, 0.29) is 5.82 Å². The minimum atomic E-state index is -0.240. The Morgan fingerprint density at radius 2 is 1.77 bits per heavy atom.